The van der Waals surface area contributed by atoms with E-state index < -0.39 is 0 Å². The average Bonchev–Trinajstić information content (AvgIpc) is 2.80. The van der Waals surface area contributed by atoms with Gasteiger partial charge in [-0.2, -0.15) is 0 Å². The minimum absolute atomic E-state index is 0.00752. The molecule has 1 unspecified atom stereocenters. The molecule has 3 rings (SSSR count). The third-order valence-corrected chi connectivity index (χ3v) is 4.61. The SMILES string of the molecule is CCOc1ccc(NC(=O)c2ccc(NC(=O)CNC(C)c3cccnc3)cc2)cc1. The number of rotatable bonds is 9. The summed E-state index contributed by atoms with van der Waals surface area (Å²) in [5.74, 6) is 0.362. The van der Waals surface area contributed by atoms with Crippen molar-refractivity contribution in [3.8, 4) is 5.75 Å². The Bertz CT molecular complexity index is 990. The summed E-state index contributed by atoms with van der Waals surface area (Å²) >= 11 is 0. The molecule has 0 bridgehead atoms. The van der Waals surface area contributed by atoms with Gasteiger partial charge in [-0.25, -0.2) is 0 Å². The molecule has 0 saturated carbocycles. The van der Waals surface area contributed by atoms with Crippen LogP contribution >= 0.6 is 0 Å². The lowest BCUT2D eigenvalue weighted by atomic mass is 10.1. The predicted octanol–water partition coefficient (Wildman–Crippen LogP) is 4.02. The fraction of sp³-hybridized carbons (Fsp3) is 0.208. The van der Waals surface area contributed by atoms with Crippen LogP contribution in [0.2, 0.25) is 0 Å². The van der Waals surface area contributed by atoms with Gasteiger partial charge in [-0.05, 0) is 74.0 Å². The number of pyridine rings is 1. The smallest absolute Gasteiger partial charge is 0.255 e. The van der Waals surface area contributed by atoms with E-state index in [4.69, 9.17) is 4.74 Å². The second-order valence-electron chi connectivity index (χ2n) is 6.93. The molecule has 0 aliphatic rings. The van der Waals surface area contributed by atoms with Gasteiger partial charge in [-0.15, -0.1) is 0 Å². The van der Waals surface area contributed by atoms with E-state index >= 15 is 0 Å². The van der Waals surface area contributed by atoms with Gasteiger partial charge in [0.2, 0.25) is 5.91 Å². The first kappa shape index (κ1) is 22.0. The van der Waals surface area contributed by atoms with Crippen molar-refractivity contribution in [2.24, 2.45) is 0 Å². The zero-order chi connectivity index (χ0) is 22.1. The normalized spacial score (nSPS) is 11.4. The van der Waals surface area contributed by atoms with Crippen LogP contribution in [-0.2, 0) is 4.79 Å². The Labute approximate surface area is 181 Å². The summed E-state index contributed by atoms with van der Waals surface area (Å²) in [5, 5.41) is 8.82. The Kier molecular flexibility index (Phi) is 7.73. The highest BCUT2D eigenvalue weighted by Gasteiger charge is 2.10. The molecule has 3 N–H and O–H groups in total. The summed E-state index contributed by atoms with van der Waals surface area (Å²) in [6.45, 7) is 4.65. The van der Waals surface area contributed by atoms with E-state index in [0.717, 1.165) is 11.3 Å². The van der Waals surface area contributed by atoms with Crippen molar-refractivity contribution in [3.63, 3.8) is 0 Å². The number of anilines is 2. The maximum Gasteiger partial charge on any atom is 0.255 e. The molecule has 0 radical (unpaired) electrons. The highest BCUT2D eigenvalue weighted by Crippen LogP contribution is 2.17. The molecule has 0 saturated heterocycles. The van der Waals surface area contributed by atoms with E-state index in [2.05, 4.69) is 20.9 Å². The Morgan fingerprint density at radius 1 is 0.968 bits per heavy atom. The van der Waals surface area contributed by atoms with Crippen LogP contribution in [-0.4, -0.2) is 29.9 Å². The number of aromatic nitrogens is 1. The van der Waals surface area contributed by atoms with Gasteiger partial charge in [-0.3, -0.25) is 14.6 Å². The number of hydrogen-bond donors (Lipinski definition) is 3. The monoisotopic (exact) mass is 418 g/mol. The summed E-state index contributed by atoms with van der Waals surface area (Å²) in [5.41, 5.74) is 2.81. The van der Waals surface area contributed by atoms with Crippen molar-refractivity contribution < 1.29 is 14.3 Å². The molecule has 160 valence electrons. The Morgan fingerprint density at radius 3 is 2.29 bits per heavy atom. The molecular weight excluding hydrogens is 392 g/mol. The molecule has 7 heteroatoms. The summed E-state index contributed by atoms with van der Waals surface area (Å²) in [7, 11) is 0. The van der Waals surface area contributed by atoms with E-state index in [1.807, 2.05) is 26.0 Å². The van der Waals surface area contributed by atoms with Crippen LogP contribution in [0.4, 0.5) is 11.4 Å². The molecule has 0 aliphatic carbocycles. The molecule has 3 aromatic rings. The maximum atomic E-state index is 12.4. The number of carbonyl (C=O) groups is 2. The molecule has 1 heterocycles. The lowest BCUT2D eigenvalue weighted by molar-refractivity contribution is -0.115. The van der Waals surface area contributed by atoms with Crippen LogP contribution in [0.25, 0.3) is 0 Å². The minimum Gasteiger partial charge on any atom is -0.494 e. The first-order chi connectivity index (χ1) is 15.0. The van der Waals surface area contributed by atoms with E-state index in [-0.39, 0.29) is 24.4 Å². The minimum atomic E-state index is -0.228. The largest absolute Gasteiger partial charge is 0.494 e. The zero-order valence-corrected chi connectivity index (χ0v) is 17.6. The van der Waals surface area contributed by atoms with Gasteiger partial charge < -0.3 is 20.7 Å². The van der Waals surface area contributed by atoms with Crippen LogP contribution in [0.5, 0.6) is 5.75 Å². The lowest BCUT2D eigenvalue weighted by Crippen LogP contribution is -2.30. The van der Waals surface area contributed by atoms with Crippen molar-refractivity contribution in [3.05, 3.63) is 84.2 Å². The van der Waals surface area contributed by atoms with Gasteiger partial charge in [0.25, 0.3) is 5.91 Å². The van der Waals surface area contributed by atoms with E-state index in [0.29, 0.717) is 23.5 Å². The molecule has 1 aromatic heterocycles. The van der Waals surface area contributed by atoms with Crippen LogP contribution < -0.4 is 20.7 Å². The number of carbonyl (C=O) groups excluding carboxylic acids is 2. The molecule has 1 atom stereocenters. The summed E-state index contributed by atoms with van der Waals surface area (Å²) in [4.78, 5) is 28.7. The average molecular weight is 418 g/mol. The van der Waals surface area contributed by atoms with Crippen LogP contribution in [0.1, 0.15) is 35.8 Å². The molecule has 2 amide bonds. The van der Waals surface area contributed by atoms with Gasteiger partial charge in [-0.1, -0.05) is 6.07 Å². The lowest BCUT2D eigenvalue weighted by Gasteiger charge is -2.14. The molecule has 0 fully saturated rings. The van der Waals surface area contributed by atoms with Gasteiger partial charge in [0.1, 0.15) is 5.75 Å². The molecular formula is C24H26N4O3. The number of amides is 2. The molecule has 0 spiro atoms. The molecule has 31 heavy (non-hydrogen) atoms. The summed E-state index contributed by atoms with van der Waals surface area (Å²) in [6.07, 6.45) is 3.48. The quantitative estimate of drug-likeness (QED) is 0.488. The van der Waals surface area contributed by atoms with Gasteiger partial charge in [0.15, 0.2) is 0 Å². The third-order valence-electron chi connectivity index (χ3n) is 4.61. The van der Waals surface area contributed by atoms with Crippen LogP contribution in [0.15, 0.2) is 73.1 Å². The highest BCUT2D eigenvalue weighted by molar-refractivity contribution is 6.04. The fourth-order valence-electron chi connectivity index (χ4n) is 2.91. The van der Waals surface area contributed by atoms with Crippen molar-refractivity contribution >= 4 is 23.2 Å². The molecule has 7 nitrogen and oxygen atoms in total. The van der Waals surface area contributed by atoms with Crippen molar-refractivity contribution in [2.75, 3.05) is 23.8 Å². The second-order valence-corrected chi connectivity index (χ2v) is 6.93. The summed E-state index contributed by atoms with van der Waals surface area (Å²) in [6, 6.07) is 17.8. The first-order valence-corrected chi connectivity index (χ1v) is 10.1. The molecule has 2 aromatic carbocycles. The fourth-order valence-corrected chi connectivity index (χ4v) is 2.91. The highest BCUT2D eigenvalue weighted by atomic mass is 16.5. The number of ether oxygens (including phenoxy) is 1. The second kappa shape index (κ2) is 10.9. The Morgan fingerprint density at radius 2 is 1.65 bits per heavy atom. The van der Waals surface area contributed by atoms with E-state index in [1.165, 1.54) is 0 Å². The number of benzene rings is 2. The number of nitrogens with one attached hydrogen (secondary N) is 3. The van der Waals surface area contributed by atoms with Crippen molar-refractivity contribution in [1.29, 1.82) is 0 Å². The maximum absolute atomic E-state index is 12.4. The topological polar surface area (TPSA) is 92.4 Å². The van der Waals surface area contributed by atoms with Crippen LogP contribution in [0, 0.1) is 0 Å². The van der Waals surface area contributed by atoms with E-state index in [9.17, 15) is 9.59 Å². The predicted molar refractivity (Wildman–Crippen MR) is 121 cm³/mol. The van der Waals surface area contributed by atoms with Gasteiger partial charge in [0, 0.05) is 35.4 Å². The number of nitrogens with zero attached hydrogens (tertiary/aromatic N) is 1. The van der Waals surface area contributed by atoms with E-state index in [1.54, 1.807) is 60.9 Å². The third kappa shape index (κ3) is 6.65. The summed E-state index contributed by atoms with van der Waals surface area (Å²) < 4.78 is 5.39. The van der Waals surface area contributed by atoms with Crippen LogP contribution in [0.3, 0.4) is 0 Å². The van der Waals surface area contributed by atoms with Crippen molar-refractivity contribution in [1.82, 2.24) is 10.3 Å². The Balaban J connectivity index is 1.48. The first-order valence-electron chi connectivity index (χ1n) is 10.1. The van der Waals surface area contributed by atoms with Gasteiger partial charge >= 0.3 is 0 Å². The Hall–Kier alpha value is -3.71. The molecule has 0 aliphatic heterocycles. The zero-order valence-electron chi connectivity index (χ0n) is 17.6. The number of hydrogen-bond acceptors (Lipinski definition) is 5. The van der Waals surface area contributed by atoms with Crippen molar-refractivity contribution in [2.45, 2.75) is 19.9 Å². The van der Waals surface area contributed by atoms with Gasteiger partial charge in [0.05, 0.1) is 13.2 Å². The standard InChI is InChI=1S/C24H26N4O3/c1-3-31-22-12-10-21(11-13-22)28-24(30)18-6-8-20(9-7-18)27-23(29)16-26-17(2)19-5-4-14-25-15-19/h4-15,17,26H,3,16H2,1-2H3,(H,27,29)(H,28,30).